The van der Waals surface area contributed by atoms with Crippen LogP contribution in [-0.2, 0) is 32.7 Å². The van der Waals surface area contributed by atoms with E-state index in [0.717, 1.165) is 0 Å². The van der Waals surface area contributed by atoms with Gasteiger partial charge in [-0.15, -0.1) is 6.79 Å². The molecule has 0 spiro atoms. The number of halogens is 1. The number of nitrogens with zero attached hydrogens (tertiary/aromatic N) is 1. The van der Waals surface area contributed by atoms with Crippen LogP contribution in [0.1, 0.15) is 0 Å². The Hall–Kier alpha value is 0.354. The number of rotatable bonds is 0. The summed E-state index contributed by atoms with van der Waals surface area (Å²) in [4.78, 5) is 8.14. The molecule has 0 unspecified atom stereocenters. The molecule has 0 aromatic carbocycles. The summed E-state index contributed by atoms with van der Waals surface area (Å²) < 4.78 is 9.72. The SMILES string of the molecule is O=[N+]([O-])F.O[CH-]O.[Y]. The van der Waals surface area contributed by atoms with Crippen LogP contribution in [0, 0.1) is 16.9 Å². The molecule has 0 aromatic rings. The number of hydrogen-bond acceptors (Lipinski definition) is 4. The fourth-order valence-electron chi connectivity index (χ4n) is 0. The first-order chi connectivity index (χ1) is 3.15. The second-order valence-electron chi connectivity index (χ2n) is 0.328. The van der Waals surface area contributed by atoms with Crippen LogP contribution in [0.15, 0.2) is 0 Å². The van der Waals surface area contributed by atoms with E-state index in [0.29, 0.717) is 0 Å². The van der Waals surface area contributed by atoms with Crippen LogP contribution in [0.5, 0.6) is 0 Å². The van der Waals surface area contributed by atoms with E-state index in [9.17, 15) is 4.48 Å². The maximum atomic E-state index is 9.72. The van der Waals surface area contributed by atoms with E-state index in [1.807, 2.05) is 0 Å². The second-order valence-corrected chi connectivity index (χ2v) is 0.328. The molecule has 0 rings (SSSR count). The average molecular weight is 201 g/mol. The molecule has 0 aliphatic heterocycles. The largest absolute Gasteiger partial charge is 0.539 e. The van der Waals surface area contributed by atoms with Crippen LogP contribution >= 0.6 is 0 Å². The van der Waals surface area contributed by atoms with Crippen LogP contribution in [-0.4, -0.2) is 15.4 Å². The Morgan fingerprint density at radius 2 is 1.62 bits per heavy atom. The summed E-state index contributed by atoms with van der Waals surface area (Å²) in [6.07, 6.45) is 0. The van der Waals surface area contributed by atoms with E-state index in [2.05, 4.69) is 0 Å². The Bertz CT molecular complexity index is 47.3. The van der Waals surface area contributed by atoms with Crippen molar-refractivity contribution < 1.29 is 52.5 Å². The summed E-state index contributed by atoms with van der Waals surface area (Å²) in [6, 6.07) is 0. The second kappa shape index (κ2) is 15.7. The predicted molar refractivity (Wildman–Crippen MR) is 16.3 cm³/mol. The van der Waals surface area contributed by atoms with Gasteiger partial charge >= 0.3 is 0 Å². The van der Waals surface area contributed by atoms with Gasteiger partial charge in [0.25, 0.3) is 5.15 Å². The van der Waals surface area contributed by atoms with Crippen molar-refractivity contribution in [1.29, 1.82) is 0 Å². The molecule has 0 saturated heterocycles. The fraction of sp³-hybridized carbons (Fsp3) is 0. The van der Waals surface area contributed by atoms with E-state index in [-0.39, 0.29) is 39.5 Å². The van der Waals surface area contributed by atoms with E-state index >= 15 is 0 Å². The summed E-state index contributed by atoms with van der Waals surface area (Å²) in [5.41, 5.74) is 0. The Balaban J connectivity index is -0.0000000575. The molecule has 5 nitrogen and oxygen atoms in total. The summed E-state index contributed by atoms with van der Waals surface area (Å²) >= 11 is 0. The minimum atomic E-state index is -2.00. The normalized spacial score (nSPS) is 5.38. The van der Waals surface area contributed by atoms with Crippen LogP contribution < -0.4 is 0 Å². The van der Waals surface area contributed by atoms with Crippen molar-refractivity contribution >= 4 is 0 Å². The third-order valence-corrected chi connectivity index (χ3v) is 0. The molecule has 1 radical (unpaired) electrons. The number of aliphatic hydroxyl groups excluding tert-OH is 1. The molecular formula is CH3FNO4Y-. The predicted octanol–water partition coefficient (Wildman–Crippen LogP) is -0.00421. The van der Waals surface area contributed by atoms with Crippen LogP contribution in [0.25, 0.3) is 0 Å². The van der Waals surface area contributed by atoms with Crippen molar-refractivity contribution in [3.63, 3.8) is 0 Å². The molecule has 8 heavy (non-hydrogen) atoms. The van der Waals surface area contributed by atoms with Crippen molar-refractivity contribution in [2.45, 2.75) is 0 Å². The van der Waals surface area contributed by atoms with Gasteiger partial charge < -0.3 is 10.2 Å². The third kappa shape index (κ3) is 1450. The molecule has 0 aromatic heterocycles. The zero-order valence-electron chi connectivity index (χ0n) is 3.69. The minimum absolute atomic E-state index is 0. The fourth-order valence-corrected chi connectivity index (χ4v) is 0. The van der Waals surface area contributed by atoms with Crippen LogP contribution in [0.4, 0.5) is 4.48 Å². The third-order valence-electron chi connectivity index (χ3n) is 0. The number of hydrogen-bond donors (Lipinski definition) is 2. The van der Waals surface area contributed by atoms with Crippen molar-refractivity contribution in [3.05, 3.63) is 16.9 Å². The Labute approximate surface area is 69.5 Å². The van der Waals surface area contributed by atoms with Crippen molar-refractivity contribution in [2.75, 3.05) is 0 Å². The van der Waals surface area contributed by atoms with Crippen LogP contribution in [0.2, 0.25) is 0 Å². The molecule has 0 aliphatic rings. The Morgan fingerprint density at radius 3 is 1.62 bits per heavy atom. The standard InChI is InChI=1S/CH3O2.FNO2.Y/c2-1-3;1-2(3)4;/h1-3H;;/q-1;;. The van der Waals surface area contributed by atoms with E-state index < -0.39 is 5.15 Å². The summed E-state index contributed by atoms with van der Waals surface area (Å²) in [7, 11) is 0. The summed E-state index contributed by atoms with van der Waals surface area (Å²) in [5.74, 6) is 0. The average Bonchev–Trinajstić information content (AvgIpc) is 1.33. The van der Waals surface area contributed by atoms with Gasteiger partial charge in [0, 0.05) is 32.7 Å². The van der Waals surface area contributed by atoms with Gasteiger partial charge in [0.15, 0.2) is 4.48 Å². The molecule has 7 heteroatoms. The molecule has 2 N–H and O–H groups in total. The molecule has 0 bridgehead atoms. The van der Waals surface area contributed by atoms with Crippen molar-refractivity contribution in [1.82, 2.24) is 0 Å². The first-order valence-electron chi connectivity index (χ1n) is 1.05. The van der Waals surface area contributed by atoms with Gasteiger partial charge in [-0.3, -0.25) is 0 Å². The molecule has 0 heterocycles. The van der Waals surface area contributed by atoms with Gasteiger partial charge in [0.2, 0.25) is 0 Å². The molecule has 0 amide bonds. The Kier molecular flexibility index (Phi) is 30.9. The maximum absolute atomic E-state index is 9.72. The summed E-state index contributed by atoms with van der Waals surface area (Å²) in [5, 5.41) is 20.1. The summed E-state index contributed by atoms with van der Waals surface area (Å²) in [6.45, 7) is 0. The van der Waals surface area contributed by atoms with Gasteiger partial charge in [-0.2, -0.15) is 0 Å². The smallest absolute Gasteiger partial charge is 0.279 e. The minimum Gasteiger partial charge on any atom is -0.539 e. The van der Waals surface area contributed by atoms with Gasteiger partial charge in [-0.25, -0.2) is 10.1 Å². The van der Waals surface area contributed by atoms with Crippen molar-refractivity contribution in [2.24, 2.45) is 0 Å². The Morgan fingerprint density at radius 1 is 1.62 bits per heavy atom. The first-order valence-corrected chi connectivity index (χ1v) is 1.05. The molecule has 0 aliphatic carbocycles. The monoisotopic (exact) mass is 201 g/mol. The van der Waals surface area contributed by atoms with E-state index in [4.69, 9.17) is 20.3 Å². The van der Waals surface area contributed by atoms with Gasteiger partial charge in [0.1, 0.15) is 0 Å². The zero-order valence-corrected chi connectivity index (χ0v) is 6.53. The number of nitro groups is 1. The van der Waals surface area contributed by atoms with E-state index in [1.165, 1.54) is 0 Å². The maximum Gasteiger partial charge on any atom is 0.279 e. The molecule has 47 valence electrons. The molecule has 0 atom stereocenters. The van der Waals surface area contributed by atoms with Gasteiger partial charge in [0.05, 0.1) is 0 Å². The van der Waals surface area contributed by atoms with E-state index in [1.54, 1.807) is 0 Å². The quantitative estimate of drug-likeness (QED) is 0.250. The zero-order chi connectivity index (χ0) is 6.28. The molecule has 0 saturated carbocycles. The first kappa shape index (κ1) is 15.8. The number of aliphatic hydroxyl groups is 2. The van der Waals surface area contributed by atoms with Crippen molar-refractivity contribution in [3.8, 4) is 0 Å². The van der Waals surface area contributed by atoms with Crippen LogP contribution in [0.3, 0.4) is 0 Å². The molecular weight excluding hydrogens is 198 g/mol. The molecule has 0 fully saturated rings. The van der Waals surface area contributed by atoms with Gasteiger partial charge in [-0.05, 0) is 0 Å². The topological polar surface area (TPSA) is 83.6 Å². The van der Waals surface area contributed by atoms with Gasteiger partial charge in [-0.1, -0.05) is 0 Å².